The molecule has 0 saturated carbocycles. The smallest absolute Gasteiger partial charge is 0.230 e. The van der Waals surface area contributed by atoms with E-state index in [0.717, 1.165) is 6.42 Å². The highest BCUT2D eigenvalue weighted by Crippen LogP contribution is 2.13. The zero-order chi connectivity index (χ0) is 15.0. The summed E-state index contributed by atoms with van der Waals surface area (Å²) in [7, 11) is 0.259. The van der Waals surface area contributed by atoms with Crippen molar-refractivity contribution in [2.24, 2.45) is 16.0 Å². The van der Waals surface area contributed by atoms with E-state index in [1.54, 1.807) is 7.11 Å². The van der Waals surface area contributed by atoms with Crippen LogP contribution in [0.1, 0.15) is 19.8 Å². The Morgan fingerprint density at radius 1 is 1.65 bits per heavy atom. The number of nitrogens with zero attached hydrogens (tertiary/aromatic N) is 3. The van der Waals surface area contributed by atoms with Crippen molar-refractivity contribution in [3.8, 4) is 0 Å². The molecule has 3 atom stereocenters. The van der Waals surface area contributed by atoms with Gasteiger partial charge in [-0.1, -0.05) is 31.2 Å². The molecule has 0 spiro atoms. The standard InChI is InChI=1S/C13H22N4O2S/c1-11(9-10-19-3)20(18)13(16-15-2)17(14)12-7-5-4-6-8-12/h4-7,11-12H,2,8-10,14H2,1,3H3/b16-13+/t11?,12?,20-/m0/s1. The van der Waals surface area contributed by atoms with Crippen LogP contribution in [-0.4, -0.2) is 46.1 Å². The maximum Gasteiger partial charge on any atom is 0.230 e. The largest absolute Gasteiger partial charge is 0.385 e. The number of allylic oxidation sites excluding steroid dienone is 2. The van der Waals surface area contributed by atoms with E-state index in [2.05, 4.69) is 16.9 Å². The molecule has 0 heterocycles. The highest BCUT2D eigenvalue weighted by molar-refractivity contribution is 8.01. The highest BCUT2D eigenvalue weighted by Gasteiger charge is 2.25. The number of ether oxygens (including phenoxy) is 1. The van der Waals surface area contributed by atoms with Crippen LogP contribution in [0.15, 0.2) is 34.5 Å². The van der Waals surface area contributed by atoms with Crippen molar-refractivity contribution in [2.45, 2.75) is 31.1 Å². The Kier molecular flexibility index (Phi) is 7.35. The first-order chi connectivity index (χ1) is 9.61. The zero-order valence-electron chi connectivity index (χ0n) is 11.9. The van der Waals surface area contributed by atoms with E-state index in [-0.39, 0.29) is 16.5 Å². The molecule has 0 fully saturated rings. The second kappa shape index (κ2) is 8.78. The van der Waals surface area contributed by atoms with Crippen molar-refractivity contribution in [3.63, 3.8) is 0 Å². The Hall–Kier alpha value is -1.31. The van der Waals surface area contributed by atoms with Gasteiger partial charge in [0.1, 0.15) is 0 Å². The Morgan fingerprint density at radius 3 is 2.95 bits per heavy atom. The molecule has 0 bridgehead atoms. The third kappa shape index (κ3) is 4.66. The number of amidine groups is 1. The maximum atomic E-state index is 12.5. The van der Waals surface area contributed by atoms with E-state index in [1.807, 2.05) is 31.2 Å². The normalized spacial score (nSPS) is 21.6. The lowest BCUT2D eigenvalue weighted by atomic mass is 10.1. The Balaban J connectivity index is 2.80. The molecule has 0 radical (unpaired) electrons. The van der Waals surface area contributed by atoms with Crippen LogP contribution < -0.4 is 5.84 Å². The molecule has 0 aromatic carbocycles. The molecule has 7 heteroatoms. The van der Waals surface area contributed by atoms with Crippen LogP contribution in [0.5, 0.6) is 0 Å². The lowest BCUT2D eigenvalue weighted by Gasteiger charge is -2.28. The molecule has 0 aromatic rings. The highest BCUT2D eigenvalue weighted by atomic mass is 32.2. The van der Waals surface area contributed by atoms with Gasteiger partial charge in [-0.2, -0.15) is 5.10 Å². The molecule has 1 rings (SSSR count). The zero-order valence-corrected chi connectivity index (χ0v) is 12.8. The molecule has 2 N–H and O–H groups in total. The second-order valence-corrected chi connectivity index (χ2v) is 6.20. The molecule has 112 valence electrons. The first kappa shape index (κ1) is 16.7. The van der Waals surface area contributed by atoms with Crippen molar-refractivity contribution in [1.29, 1.82) is 0 Å². The van der Waals surface area contributed by atoms with Crippen LogP contribution in [-0.2, 0) is 15.5 Å². The molecular weight excluding hydrogens is 276 g/mol. The number of hydrogen-bond donors (Lipinski definition) is 1. The summed E-state index contributed by atoms with van der Waals surface area (Å²) in [5.74, 6) is 6.05. The first-order valence-electron chi connectivity index (χ1n) is 6.42. The average molecular weight is 298 g/mol. The summed E-state index contributed by atoms with van der Waals surface area (Å²) in [5, 5.41) is 8.88. The second-order valence-electron chi connectivity index (χ2n) is 4.44. The van der Waals surface area contributed by atoms with Gasteiger partial charge in [-0.3, -0.25) is 9.22 Å². The van der Waals surface area contributed by atoms with Crippen LogP contribution in [0.3, 0.4) is 0 Å². The fourth-order valence-corrected chi connectivity index (χ4v) is 2.89. The molecule has 1 aliphatic rings. The minimum atomic E-state index is -1.36. The van der Waals surface area contributed by atoms with Crippen LogP contribution in [0, 0.1) is 0 Å². The predicted octanol–water partition coefficient (Wildman–Crippen LogP) is 1.19. The van der Waals surface area contributed by atoms with Crippen molar-refractivity contribution in [2.75, 3.05) is 13.7 Å². The number of hydrogen-bond acceptors (Lipinski definition) is 5. The quantitative estimate of drug-likeness (QED) is 0.346. The number of hydrazine groups is 1. The van der Waals surface area contributed by atoms with Gasteiger partial charge in [0.05, 0.1) is 16.8 Å². The van der Waals surface area contributed by atoms with Gasteiger partial charge >= 0.3 is 0 Å². The first-order valence-corrected chi connectivity index (χ1v) is 7.63. The van der Waals surface area contributed by atoms with E-state index in [1.165, 1.54) is 5.01 Å². The molecule has 0 amide bonds. The number of methoxy groups -OCH3 is 1. The van der Waals surface area contributed by atoms with E-state index in [9.17, 15) is 4.21 Å². The van der Waals surface area contributed by atoms with Gasteiger partial charge in [0.2, 0.25) is 5.17 Å². The summed E-state index contributed by atoms with van der Waals surface area (Å²) in [6.45, 7) is 5.73. The lowest BCUT2D eigenvalue weighted by Crippen LogP contribution is -2.48. The molecule has 6 nitrogen and oxygen atoms in total. The van der Waals surface area contributed by atoms with Crippen LogP contribution in [0.2, 0.25) is 0 Å². The van der Waals surface area contributed by atoms with Gasteiger partial charge in [0, 0.05) is 25.7 Å². The summed E-state index contributed by atoms with van der Waals surface area (Å²) >= 11 is 0. The molecule has 20 heavy (non-hydrogen) atoms. The van der Waals surface area contributed by atoms with Gasteiger partial charge in [0.15, 0.2) is 0 Å². The summed E-state index contributed by atoms with van der Waals surface area (Å²) in [5.41, 5.74) is 0. The summed E-state index contributed by atoms with van der Waals surface area (Å²) in [4.78, 5) is 0. The van der Waals surface area contributed by atoms with Crippen LogP contribution >= 0.6 is 0 Å². The lowest BCUT2D eigenvalue weighted by molar-refractivity contribution is 0.195. The number of nitrogens with two attached hydrogens (primary N) is 1. The third-order valence-electron chi connectivity index (χ3n) is 2.97. The summed E-state index contributed by atoms with van der Waals surface area (Å²) < 4.78 is 17.5. The van der Waals surface area contributed by atoms with Crippen LogP contribution in [0.25, 0.3) is 0 Å². The van der Waals surface area contributed by atoms with E-state index < -0.39 is 10.8 Å². The van der Waals surface area contributed by atoms with Gasteiger partial charge in [0.25, 0.3) is 0 Å². The van der Waals surface area contributed by atoms with Crippen LogP contribution in [0.4, 0.5) is 0 Å². The maximum absolute atomic E-state index is 12.5. The fraction of sp³-hybridized carbons (Fsp3) is 0.538. The van der Waals surface area contributed by atoms with Crippen molar-refractivity contribution >= 4 is 22.7 Å². The monoisotopic (exact) mass is 298 g/mol. The minimum Gasteiger partial charge on any atom is -0.385 e. The van der Waals surface area contributed by atoms with Crippen molar-refractivity contribution in [3.05, 3.63) is 24.3 Å². The van der Waals surface area contributed by atoms with Gasteiger partial charge in [-0.15, -0.1) is 5.10 Å². The van der Waals surface area contributed by atoms with Gasteiger partial charge < -0.3 is 4.74 Å². The summed E-state index contributed by atoms with van der Waals surface area (Å²) in [6, 6.07) is -0.0703. The fourth-order valence-electron chi connectivity index (χ4n) is 1.74. The summed E-state index contributed by atoms with van der Waals surface area (Å²) in [6.07, 6.45) is 9.20. The average Bonchev–Trinajstić information content (AvgIpc) is 2.49. The molecule has 2 unspecified atom stereocenters. The van der Waals surface area contributed by atoms with E-state index >= 15 is 0 Å². The van der Waals surface area contributed by atoms with E-state index in [0.29, 0.717) is 13.0 Å². The molecule has 0 aromatic heterocycles. The van der Waals surface area contributed by atoms with Crippen molar-refractivity contribution < 1.29 is 8.95 Å². The van der Waals surface area contributed by atoms with Crippen molar-refractivity contribution in [1.82, 2.24) is 5.01 Å². The third-order valence-corrected chi connectivity index (χ3v) is 4.59. The number of rotatable bonds is 6. The Labute approximate surface area is 122 Å². The van der Waals surface area contributed by atoms with E-state index in [4.69, 9.17) is 10.6 Å². The minimum absolute atomic E-state index is 0.0703. The topological polar surface area (TPSA) is 80.3 Å². The van der Waals surface area contributed by atoms with Gasteiger partial charge in [-0.05, 0) is 12.8 Å². The molecule has 1 aliphatic carbocycles. The predicted molar refractivity (Wildman–Crippen MR) is 83.8 cm³/mol. The SMILES string of the molecule is C=N/N=C(\N(N)C1C=CC=CC1)[S@@](=O)C(C)CCOC. The Morgan fingerprint density at radius 2 is 2.40 bits per heavy atom. The molecule has 0 saturated heterocycles. The molecular formula is C13H22N4O2S. The van der Waals surface area contributed by atoms with Gasteiger partial charge in [-0.25, -0.2) is 5.84 Å². The Bertz CT molecular complexity index is 434. The molecule has 0 aliphatic heterocycles.